The van der Waals surface area contributed by atoms with Crippen LogP contribution in [-0.2, 0) is 0 Å². The van der Waals surface area contributed by atoms with Gasteiger partial charge < -0.3 is 9.84 Å². The van der Waals surface area contributed by atoms with Gasteiger partial charge in [0.1, 0.15) is 22.9 Å². The molecule has 2 aromatic rings. The van der Waals surface area contributed by atoms with Crippen LogP contribution in [0.2, 0.25) is 5.02 Å². The third-order valence-corrected chi connectivity index (χ3v) is 3.47. The fourth-order valence-electron chi connectivity index (χ4n) is 1.59. The summed E-state index contributed by atoms with van der Waals surface area (Å²) in [5, 5.41) is 9.07. The second-order valence-corrected chi connectivity index (χ2v) is 5.37. The van der Waals surface area contributed by atoms with E-state index in [0.717, 1.165) is 11.6 Å². The third-order valence-electron chi connectivity index (χ3n) is 2.56. The molecule has 2 rings (SSSR count). The minimum atomic E-state index is -1.12. The Morgan fingerprint density at radius 2 is 2.00 bits per heavy atom. The Bertz CT molecular complexity index is 688. The van der Waals surface area contributed by atoms with E-state index in [1.54, 1.807) is 19.1 Å². The van der Waals surface area contributed by atoms with Crippen molar-refractivity contribution < 1.29 is 19.0 Å². The molecule has 0 amide bonds. The lowest BCUT2D eigenvalue weighted by Gasteiger charge is -2.11. The zero-order valence-electron chi connectivity index (χ0n) is 10.3. The number of halogens is 3. The smallest absolute Gasteiger partial charge is 0.339 e. The molecule has 0 aliphatic rings. The molecular weight excluding hydrogens is 351 g/mol. The number of hydrogen-bond donors (Lipinski definition) is 1. The molecule has 0 fully saturated rings. The minimum Gasteiger partial charge on any atom is -0.478 e. The van der Waals surface area contributed by atoms with E-state index in [4.69, 9.17) is 21.4 Å². The van der Waals surface area contributed by atoms with Gasteiger partial charge in [-0.2, -0.15) is 0 Å². The first kappa shape index (κ1) is 14.8. The summed E-state index contributed by atoms with van der Waals surface area (Å²) in [6.45, 7) is 1.80. The van der Waals surface area contributed by atoms with Crippen LogP contribution in [0.5, 0.6) is 11.5 Å². The Labute approximate surface area is 128 Å². The lowest BCUT2D eigenvalue weighted by Crippen LogP contribution is -2.00. The van der Waals surface area contributed by atoms with E-state index in [1.165, 1.54) is 12.1 Å². The number of aromatic carboxylic acids is 1. The topological polar surface area (TPSA) is 46.5 Å². The lowest BCUT2D eigenvalue weighted by molar-refractivity contribution is 0.0694. The van der Waals surface area contributed by atoms with E-state index >= 15 is 0 Å². The summed E-state index contributed by atoms with van der Waals surface area (Å²) in [6.07, 6.45) is 0. The van der Waals surface area contributed by atoms with Gasteiger partial charge in [0.2, 0.25) is 0 Å². The maximum absolute atomic E-state index is 13.5. The SMILES string of the molecule is Cc1ccc(C(=O)O)c(Oc2cc(F)c(Cl)cc2Br)c1. The van der Waals surface area contributed by atoms with E-state index in [9.17, 15) is 9.18 Å². The van der Waals surface area contributed by atoms with Crippen LogP contribution in [0.1, 0.15) is 15.9 Å². The summed E-state index contributed by atoms with van der Waals surface area (Å²) in [5.74, 6) is -1.47. The van der Waals surface area contributed by atoms with Crippen molar-refractivity contribution in [2.24, 2.45) is 0 Å². The molecule has 0 spiro atoms. The number of aryl methyl sites for hydroxylation is 1. The van der Waals surface area contributed by atoms with Crippen LogP contribution in [0.25, 0.3) is 0 Å². The summed E-state index contributed by atoms with van der Waals surface area (Å²) < 4.78 is 19.4. The van der Waals surface area contributed by atoms with Crippen LogP contribution in [0.3, 0.4) is 0 Å². The number of rotatable bonds is 3. The zero-order valence-corrected chi connectivity index (χ0v) is 12.6. The summed E-state index contributed by atoms with van der Waals surface area (Å²) >= 11 is 8.84. The molecule has 6 heteroatoms. The van der Waals surface area contributed by atoms with E-state index in [2.05, 4.69) is 15.9 Å². The number of carboxylic acids is 1. The van der Waals surface area contributed by atoms with E-state index in [0.29, 0.717) is 4.47 Å². The van der Waals surface area contributed by atoms with Gasteiger partial charge in [-0.3, -0.25) is 0 Å². The van der Waals surface area contributed by atoms with Crippen LogP contribution >= 0.6 is 27.5 Å². The molecule has 20 heavy (non-hydrogen) atoms. The maximum atomic E-state index is 13.5. The Morgan fingerprint density at radius 3 is 2.65 bits per heavy atom. The standard InChI is InChI=1S/C14H9BrClFO3/c1-7-2-3-8(14(18)19)12(4-7)20-13-6-11(17)10(16)5-9(13)15/h2-6H,1H3,(H,18,19). The van der Waals surface area contributed by atoms with Crippen LogP contribution in [-0.4, -0.2) is 11.1 Å². The van der Waals surface area contributed by atoms with Crippen molar-refractivity contribution in [2.75, 3.05) is 0 Å². The molecule has 0 unspecified atom stereocenters. The monoisotopic (exact) mass is 358 g/mol. The van der Waals surface area contributed by atoms with Crippen molar-refractivity contribution in [3.8, 4) is 11.5 Å². The molecule has 0 aromatic heterocycles. The molecule has 0 radical (unpaired) electrons. The van der Waals surface area contributed by atoms with Gasteiger partial charge in [0.25, 0.3) is 0 Å². The van der Waals surface area contributed by atoms with Crippen molar-refractivity contribution >= 4 is 33.5 Å². The molecule has 3 nitrogen and oxygen atoms in total. The number of benzene rings is 2. The Balaban J connectivity index is 2.47. The number of carbonyl (C=O) groups is 1. The molecular formula is C14H9BrClFO3. The normalized spacial score (nSPS) is 10.4. The predicted molar refractivity (Wildman–Crippen MR) is 77.3 cm³/mol. The molecule has 2 aromatic carbocycles. The number of carboxylic acid groups (broad SMARTS) is 1. The van der Waals surface area contributed by atoms with E-state index in [-0.39, 0.29) is 22.1 Å². The van der Waals surface area contributed by atoms with Gasteiger partial charge in [0, 0.05) is 6.07 Å². The molecule has 0 heterocycles. The average molecular weight is 360 g/mol. The predicted octanol–water partition coefficient (Wildman–Crippen LogP) is 5.04. The Hall–Kier alpha value is -1.59. The molecule has 0 aliphatic carbocycles. The maximum Gasteiger partial charge on any atom is 0.339 e. The molecule has 104 valence electrons. The highest BCUT2D eigenvalue weighted by Crippen LogP contribution is 2.35. The molecule has 0 saturated carbocycles. The van der Waals surface area contributed by atoms with Crippen molar-refractivity contribution in [1.82, 2.24) is 0 Å². The van der Waals surface area contributed by atoms with Crippen LogP contribution in [0.15, 0.2) is 34.8 Å². The fourth-order valence-corrected chi connectivity index (χ4v) is 2.31. The van der Waals surface area contributed by atoms with Crippen molar-refractivity contribution in [3.05, 3.63) is 56.8 Å². The minimum absolute atomic E-state index is 0.00198. The summed E-state index contributed by atoms with van der Waals surface area (Å²) in [6, 6.07) is 7.12. The van der Waals surface area contributed by atoms with Crippen molar-refractivity contribution in [3.63, 3.8) is 0 Å². The quantitative estimate of drug-likeness (QED) is 0.781. The van der Waals surface area contributed by atoms with Gasteiger partial charge in [0.15, 0.2) is 0 Å². The molecule has 0 atom stereocenters. The first-order valence-corrected chi connectivity index (χ1v) is 6.72. The van der Waals surface area contributed by atoms with Gasteiger partial charge in [-0.05, 0) is 46.6 Å². The fraction of sp³-hybridized carbons (Fsp3) is 0.0714. The van der Waals surface area contributed by atoms with Crippen LogP contribution in [0, 0.1) is 12.7 Å². The van der Waals surface area contributed by atoms with Crippen molar-refractivity contribution in [1.29, 1.82) is 0 Å². The number of hydrogen-bond acceptors (Lipinski definition) is 2. The lowest BCUT2D eigenvalue weighted by atomic mass is 10.1. The summed E-state index contributed by atoms with van der Waals surface area (Å²) in [5.41, 5.74) is 0.827. The molecule has 0 aliphatic heterocycles. The van der Waals surface area contributed by atoms with Gasteiger partial charge >= 0.3 is 5.97 Å². The summed E-state index contributed by atoms with van der Waals surface area (Å²) in [4.78, 5) is 11.1. The average Bonchev–Trinajstić information content (AvgIpc) is 2.35. The zero-order chi connectivity index (χ0) is 14.9. The second-order valence-electron chi connectivity index (χ2n) is 4.10. The Kier molecular flexibility index (Phi) is 4.30. The van der Waals surface area contributed by atoms with Crippen LogP contribution in [0.4, 0.5) is 4.39 Å². The van der Waals surface area contributed by atoms with E-state index in [1.807, 2.05) is 0 Å². The van der Waals surface area contributed by atoms with Crippen LogP contribution < -0.4 is 4.74 Å². The second kappa shape index (κ2) is 5.81. The largest absolute Gasteiger partial charge is 0.478 e. The molecule has 0 saturated heterocycles. The highest BCUT2D eigenvalue weighted by atomic mass is 79.9. The van der Waals surface area contributed by atoms with Gasteiger partial charge in [-0.15, -0.1) is 0 Å². The van der Waals surface area contributed by atoms with Gasteiger partial charge in [-0.1, -0.05) is 17.7 Å². The molecule has 1 N–H and O–H groups in total. The highest BCUT2D eigenvalue weighted by Gasteiger charge is 2.15. The van der Waals surface area contributed by atoms with Crippen molar-refractivity contribution in [2.45, 2.75) is 6.92 Å². The molecule has 0 bridgehead atoms. The Morgan fingerprint density at radius 1 is 1.30 bits per heavy atom. The first-order valence-electron chi connectivity index (χ1n) is 5.55. The number of ether oxygens (including phenoxy) is 1. The van der Waals surface area contributed by atoms with Gasteiger partial charge in [-0.25, -0.2) is 9.18 Å². The third kappa shape index (κ3) is 3.11. The highest BCUT2D eigenvalue weighted by molar-refractivity contribution is 9.10. The van der Waals surface area contributed by atoms with Gasteiger partial charge in [0.05, 0.1) is 9.50 Å². The first-order chi connectivity index (χ1) is 9.38. The van der Waals surface area contributed by atoms with E-state index < -0.39 is 11.8 Å². The summed E-state index contributed by atoms with van der Waals surface area (Å²) in [7, 11) is 0.